The second-order valence-corrected chi connectivity index (χ2v) is 6.75. The molecule has 0 aliphatic carbocycles. The summed E-state index contributed by atoms with van der Waals surface area (Å²) in [5.41, 5.74) is 1.25. The number of piperidine rings is 1. The van der Waals surface area contributed by atoms with E-state index in [0.717, 1.165) is 64.6 Å². The van der Waals surface area contributed by atoms with Crippen molar-refractivity contribution in [2.45, 2.75) is 32.2 Å². The normalized spacial score (nSPS) is 19.8. The van der Waals surface area contributed by atoms with Crippen LogP contribution in [0, 0.1) is 5.92 Å². The number of rotatable bonds is 5. The van der Waals surface area contributed by atoms with Gasteiger partial charge >= 0.3 is 0 Å². The number of amides is 1. The molecular weight excluding hydrogens is 324 g/mol. The summed E-state index contributed by atoms with van der Waals surface area (Å²) in [6.07, 6.45) is 7.99. The minimum absolute atomic E-state index is 0. The summed E-state index contributed by atoms with van der Waals surface area (Å²) in [6.45, 7) is 6.83. The fourth-order valence-corrected chi connectivity index (χ4v) is 3.56. The van der Waals surface area contributed by atoms with E-state index < -0.39 is 0 Å². The molecule has 3 heterocycles. The molecule has 134 valence electrons. The van der Waals surface area contributed by atoms with Crippen molar-refractivity contribution in [3.63, 3.8) is 0 Å². The lowest BCUT2D eigenvalue weighted by atomic mass is 9.93. The molecule has 1 aromatic rings. The first-order valence-corrected chi connectivity index (χ1v) is 8.91. The van der Waals surface area contributed by atoms with Gasteiger partial charge in [0, 0.05) is 51.5 Å². The highest BCUT2D eigenvalue weighted by Gasteiger charge is 2.22. The molecule has 0 saturated carbocycles. The molecule has 3 rings (SSSR count). The van der Waals surface area contributed by atoms with Crippen molar-refractivity contribution in [2.75, 3.05) is 39.3 Å². The Morgan fingerprint density at radius 3 is 2.62 bits per heavy atom. The Morgan fingerprint density at radius 2 is 1.96 bits per heavy atom. The summed E-state index contributed by atoms with van der Waals surface area (Å²) >= 11 is 0. The molecule has 2 aliphatic rings. The van der Waals surface area contributed by atoms with Gasteiger partial charge in [0.25, 0.3) is 0 Å². The van der Waals surface area contributed by atoms with E-state index in [2.05, 4.69) is 26.2 Å². The third-order valence-corrected chi connectivity index (χ3v) is 5.08. The predicted octanol–water partition coefficient (Wildman–Crippen LogP) is 1.93. The van der Waals surface area contributed by atoms with Crippen LogP contribution in [0.25, 0.3) is 0 Å². The first-order valence-electron chi connectivity index (χ1n) is 8.91. The average molecular weight is 353 g/mol. The van der Waals surface area contributed by atoms with Gasteiger partial charge in [-0.15, -0.1) is 12.4 Å². The summed E-state index contributed by atoms with van der Waals surface area (Å²) in [5.74, 6) is 1.09. The number of halogens is 1. The number of carbonyl (C=O) groups excluding carboxylic acids is 1. The molecule has 5 nitrogen and oxygen atoms in total. The smallest absolute Gasteiger partial charge is 0.222 e. The van der Waals surface area contributed by atoms with Crippen molar-refractivity contribution in [1.82, 2.24) is 20.1 Å². The SMILES string of the molecule is Cl.O=C(CCC1CCNCC1)N1CCN(Cc2cccnc2)CC1. The quantitative estimate of drug-likeness (QED) is 0.879. The van der Waals surface area contributed by atoms with Crippen LogP contribution in [0.3, 0.4) is 0 Å². The molecule has 0 radical (unpaired) electrons. The van der Waals surface area contributed by atoms with Crippen LogP contribution < -0.4 is 5.32 Å². The predicted molar refractivity (Wildman–Crippen MR) is 98.2 cm³/mol. The molecule has 0 unspecified atom stereocenters. The van der Waals surface area contributed by atoms with Gasteiger partial charge in [0.15, 0.2) is 0 Å². The Balaban J connectivity index is 0.00000208. The van der Waals surface area contributed by atoms with E-state index in [1.165, 1.54) is 18.4 Å². The highest BCUT2D eigenvalue weighted by atomic mass is 35.5. The monoisotopic (exact) mass is 352 g/mol. The van der Waals surface area contributed by atoms with Gasteiger partial charge in [-0.1, -0.05) is 6.07 Å². The van der Waals surface area contributed by atoms with Crippen LogP contribution in [-0.2, 0) is 11.3 Å². The molecule has 0 atom stereocenters. The Bertz CT molecular complexity index is 485. The summed E-state index contributed by atoms with van der Waals surface area (Å²) < 4.78 is 0. The maximum atomic E-state index is 12.4. The minimum Gasteiger partial charge on any atom is -0.340 e. The van der Waals surface area contributed by atoms with Crippen molar-refractivity contribution < 1.29 is 4.79 Å². The molecule has 2 saturated heterocycles. The zero-order chi connectivity index (χ0) is 15.9. The van der Waals surface area contributed by atoms with Gasteiger partial charge < -0.3 is 10.2 Å². The van der Waals surface area contributed by atoms with Crippen molar-refractivity contribution in [3.05, 3.63) is 30.1 Å². The van der Waals surface area contributed by atoms with E-state index in [0.29, 0.717) is 5.91 Å². The van der Waals surface area contributed by atoms with Gasteiger partial charge in [-0.05, 0) is 49.9 Å². The average Bonchev–Trinajstić information content (AvgIpc) is 2.62. The highest BCUT2D eigenvalue weighted by molar-refractivity contribution is 5.85. The molecule has 2 fully saturated rings. The first-order chi connectivity index (χ1) is 11.3. The molecular formula is C18H29ClN4O. The lowest BCUT2D eigenvalue weighted by Gasteiger charge is -2.35. The number of piperazine rings is 1. The fraction of sp³-hybridized carbons (Fsp3) is 0.667. The summed E-state index contributed by atoms with van der Waals surface area (Å²) in [6, 6.07) is 4.10. The number of aromatic nitrogens is 1. The van der Waals surface area contributed by atoms with Crippen LogP contribution in [0.1, 0.15) is 31.2 Å². The molecule has 0 aromatic carbocycles. The van der Waals surface area contributed by atoms with Gasteiger partial charge in [-0.3, -0.25) is 14.7 Å². The van der Waals surface area contributed by atoms with E-state index >= 15 is 0 Å². The number of nitrogens with zero attached hydrogens (tertiary/aromatic N) is 3. The van der Waals surface area contributed by atoms with Crippen LogP contribution in [-0.4, -0.2) is 60.0 Å². The lowest BCUT2D eigenvalue weighted by Crippen LogP contribution is -2.48. The zero-order valence-electron chi connectivity index (χ0n) is 14.3. The van der Waals surface area contributed by atoms with Crippen molar-refractivity contribution >= 4 is 18.3 Å². The topological polar surface area (TPSA) is 48.5 Å². The standard InChI is InChI=1S/C18H28N4O.ClH/c23-18(4-3-16-5-8-19-9-6-16)22-12-10-21(11-13-22)15-17-2-1-7-20-14-17;/h1-2,7,14,16,19H,3-6,8-13,15H2;1H. The minimum atomic E-state index is 0. The molecule has 0 spiro atoms. The molecule has 6 heteroatoms. The van der Waals surface area contributed by atoms with Gasteiger partial charge in [0.05, 0.1) is 0 Å². The Kier molecular flexibility index (Phi) is 7.95. The van der Waals surface area contributed by atoms with E-state index in [1.54, 1.807) is 0 Å². The van der Waals surface area contributed by atoms with Crippen LogP contribution >= 0.6 is 12.4 Å². The number of hydrogen-bond acceptors (Lipinski definition) is 4. The molecule has 1 aromatic heterocycles. The van der Waals surface area contributed by atoms with Gasteiger partial charge in [0.2, 0.25) is 5.91 Å². The number of carbonyl (C=O) groups is 1. The molecule has 2 aliphatic heterocycles. The Labute approximate surface area is 151 Å². The number of pyridine rings is 1. The van der Waals surface area contributed by atoms with Crippen LogP contribution in [0.15, 0.2) is 24.5 Å². The van der Waals surface area contributed by atoms with Gasteiger partial charge in [-0.25, -0.2) is 0 Å². The fourth-order valence-electron chi connectivity index (χ4n) is 3.56. The van der Waals surface area contributed by atoms with E-state index in [1.807, 2.05) is 18.5 Å². The number of nitrogens with one attached hydrogen (secondary N) is 1. The molecule has 0 bridgehead atoms. The second kappa shape index (κ2) is 9.97. The van der Waals surface area contributed by atoms with Crippen molar-refractivity contribution in [2.24, 2.45) is 5.92 Å². The lowest BCUT2D eigenvalue weighted by molar-refractivity contribution is -0.133. The highest BCUT2D eigenvalue weighted by Crippen LogP contribution is 2.19. The largest absolute Gasteiger partial charge is 0.340 e. The van der Waals surface area contributed by atoms with Crippen LogP contribution in [0.5, 0.6) is 0 Å². The maximum Gasteiger partial charge on any atom is 0.222 e. The summed E-state index contributed by atoms with van der Waals surface area (Å²) in [5, 5.41) is 3.39. The molecule has 1 N–H and O–H groups in total. The van der Waals surface area contributed by atoms with Crippen molar-refractivity contribution in [3.8, 4) is 0 Å². The van der Waals surface area contributed by atoms with Gasteiger partial charge in [0.1, 0.15) is 0 Å². The third kappa shape index (κ3) is 5.72. The third-order valence-electron chi connectivity index (χ3n) is 5.08. The van der Waals surface area contributed by atoms with Gasteiger partial charge in [-0.2, -0.15) is 0 Å². The zero-order valence-corrected chi connectivity index (χ0v) is 15.1. The van der Waals surface area contributed by atoms with Crippen LogP contribution in [0.4, 0.5) is 0 Å². The van der Waals surface area contributed by atoms with Crippen LogP contribution in [0.2, 0.25) is 0 Å². The second-order valence-electron chi connectivity index (χ2n) is 6.75. The molecule has 1 amide bonds. The number of hydrogen-bond donors (Lipinski definition) is 1. The summed E-state index contributed by atoms with van der Waals surface area (Å²) in [4.78, 5) is 21.0. The Hall–Kier alpha value is -1.17. The molecule has 24 heavy (non-hydrogen) atoms. The van der Waals surface area contributed by atoms with E-state index in [-0.39, 0.29) is 12.4 Å². The van der Waals surface area contributed by atoms with E-state index in [9.17, 15) is 4.79 Å². The Morgan fingerprint density at radius 1 is 1.21 bits per heavy atom. The maximum absolute atomic E-state index is 12.4. The first kappa shape index (κ1) is 19.2. The van der Waals surface area contributed by atoms with E-state index in [4.69, 9.17) is 0 Å². The summed E-state index contributed by atoms with van der Waals surface area (Å²) in [7, 11) is 0. The van der Waals surface area contributed by atoms with Crippen molar-refractivity contribution in [1.29, 1.82) is 0 Å².